The van der Waals surface area contributed by atoms with E-state index in [4.69, 9.17) is 15.2 Å². The highest BCUT2D eigenvalue weighted by Gasteiger charge is 2.50. The number of phenolic OH excluding ortho intramolecular Hbond substituents is 1. The van der Waals surface area contributed by atoms with Gasteiger partial charge in [0.05, 0.1) is 37.6 Å². The number of aromatic hydroxyl groups is 1. The van der Waals surface area contributed by atoms with Gasteiger partial charge in [-0.3, -0.25) is 33.6 Å². The van der Waals surface area contributed by atoms with Crippen molar-refractivity contribution in [3.63, 3.8) is 0 Å². The van der Waals surface area contributed by atoms with Gasteiger partial charge in [0, 0.05) is 44.0 Å². The molecule has 3 aliphatic heterocycles. The number of aliphatic hydroxyl groups is 7. The summed E-state index contributed by atoms with van der Waals surface area (Å²) in [5.41, 5.74) is 9.20. The molecule has 3 saturated heterocycles. The summed E-state index contributed by atoms with van der Waals surface area (Å²) in [5, 5.41) is 102. The predicted octanol–water partition coefficient (Wildman–Crippen LogP) is -0.944. The van der Waals surface area contributed by atoms with Gasteiger partial charge in [0.1, 0.15) is 66.1 Å². The summed E-state index contributed by atoms with van der Waals surface area (Å²) in [4.78, 5) is 103. The average Bonchev–Trinajstić information content (AvgIpc) is 3.51. The van der Waals surface area contributed by atoms with Gasteiger partial charge in [-0.15, -0.1) is 0 Å². The number of carbonyl (C=O) groups is 7. The summed E-state index contributed by atoms with van der Waals surface area (Å²) < 4.78 is 11.6. The molecule has 3 aliphatic rings. The molecule has 7 amide bonds. The lowest BCUT2D eigenvalue weighted by Crippen LogP contribution is -2.64. The lowest BCUT2D eigenvalue weighted by molar-refractivity contribution is -0.149. The van der Waals surface area contributed by atoms with Gasteiger partial charge >= 0.3 is 0 Å². The molecule has 25 nitrogen and oxygen atoms in total. The van der Waals surface area contributed by atoms with Crippen molar-refractivity contribution in [3.05, 3.63) is 108 Å². The SMILES string of the molecule is CCCCCOc1ccc(-c2ccc(-c3ccc(C(=O)N[C@@H]4C[C@H](O)[C@@H](OCCN)NC(=O)[C@@H]5[C@@H](O)[C@@H](C)CN5C(=O)[C@H]([C@@H](C)O)NC(=O)[C@H]([C@H](O)[C@@H](O)c5ccc(O)cc5)NC(=O)[C@@H]5C[C@@H](O)CN5C(=O)[C@H]([C@@H](C)O)NC4=O)cc3)cc2)cc1. The molecule has 4 aromatic carbocycles. The van der Waals surface area contributed by atoms with Gasteiger partial charge in [-0.05, 0) is 84.5 Å². The number of carbonyl (C=O) groups excluding carboxylic acids is 7. The number of rotatable bonds is 17. The van der Waals surface area contributed by atoms with Gasteiger partial charge in [-0.2, -0.15) is 0 Å². The van der Waals surface area contributed by atoms with E-state index in [2.05, 4.69) is 33.5 Å². The van der Waals surface area contributed by atoms with Gasteiger partial charge in [-0.1, -0.05) is 87.4 Å². The number of amides is 7. The molecule has 15 N–H and O–H groups in total. The van der Waals surface area contributed by atoms with E-state index in [-0.39, 0.29) is 36.6 Å². The van der Waals surface area contributed by atoms with Crippen LogP contribution in [0.1, 0.15) is 81.8 Å². The largest absolute Gasteiger partial charge is 0.508 e. The molecule has 7 rings (SSSR count). The van der Waals surface area contributed by atoms with Gasteiger partial charge < -0.3 is 92.4 Å². The Kier molecular flexibility index (Phi) is 22.5. The first-order chi connectivity index (χ1) is 40.5. The summed E-state index contributed by atoms with van der Waals surface area (Å²) in [6, 6.07) is 15.1. The van der Waals surface area contributed by atoms with Crippen LogP contribution < -0.4 is 37.1 Å². The number of benzene rings is 4. The first kappa shape index (κ1) is 65.0. The lowest BCUT2D eigenvalue weighted by atomic mass is 9.96. The Morgan fingerprint density at radius 3 is 1.76 bits per heavy atom. The number of ether oxygens (including phenoxy) is 2. The molecule has 460 valence electrons. The minimum Gasteiger partial charge on any atom is -0.508 e. The number of hydrogen-bond acceptors (Lipinski definition) is 18. The number of phenols is 1. The van der Waals surface area contributed by atoms with Crippen LogP contribution in [0.5, 0.6) is 11.5 Å². The van der Waals surface area contributed by atoms with Crippen molar-refractivity contribution in [2.75, 3.05) is 32.8 Å². The van der Waals surface area contributed by atoms with E-state index in [0.29, 0.717) is 6.61 Å². The van der Waals surface area contributed by atoms with Crippen molar-refractivity contribution >= 4 is 41.4 Å². The zero-order valence-corrected chi connectivity index (χ0v) is 47.7. The van der Waals surface area contributed by atoms with Crippen molar-refractivity contribution in [1.82, 2.24) is 36.4 Å². The molecule has 85 heavy (non-hydrogen) atoms. The zero-order chi connectivity index (χ0) is 61.8. The fraction of sp³-hybridized carbons (Fsp3) is 0.483. The second-order valence-corrected chi connectivity index (χ2v) is 21.9. The van der Waals surface area contributed by atoms with Crippen molar-refractivity contribution in [2.24, 2.45) is 11.7 Å². The van der Waals surface area contributed by atoms with Crippen molar-refractivity contribution < 1.29 is 83.9 Å². The van der Waals surface area contributed by atoms with E-state index in [0.717, 1.165) is 83.0 Å². The van der Waals surface area contributed by atoms with Crippen LogP contribution in [0, 0.1) is 5.92 Å². The molecule has 0 aliphatic carbocycles. The summed E-state index contributed by atoms with van der Waals surface area (Å²) in [6.07, 6.45) is -12.8. The normalized spacial score (nSPS) is 27.0. The van der Waals surface area contributed by atoms with Crippen LogP contribution >= 0.6 is 0 Å². The van der Waals surface area contributed by atoms with E-state index < -0.39 is 152 Å². The summed E-state index contributed by atoms with van der Waals surface area (Å²) in [6.45, 7) is 5.08. The number of aliphatic hydroxyl groups excluding tert-OH is 7. The van der Waals surface area contributed by atoms with Crippen molar-refractivity contribution in [1.29, 1.82) is 0 Å². The Labute approximate surface area is 491 Å². The third-order valence-corrected chi connectivity index (χ3v) is 15.4. The third kappa shape index (κ3) is 16.0. The maximum Gasteiger partial charge on any atom is 0.251 e. The van der Waals surface area contributed by atoms with Gasteiger partial charge in [0.2, 0.25) is 35.4 Å². The highest BCUT2D eigenvalue weighted by molar-refractivity contribution is 6.00. The van der Waals surface area contributed by atoms with Gasteiger partial charge in [-0.25, -0.2) is 0 Å². The highest BCUT2D eigenvalue weighted by atomic mass is 16.5. The van der Waals surface area contributed by atoms with Crippen LogP contribution in [0.25, 0.3) is 22.3 Å². The van der Waals surface area contributed by atoms with Crippen LogP contribution in [0.3, 0.4) is 0 Å². The van der Waals surface area contributed by atoms with Crippen molar-refractivity contribution in [2.45, 2.75) is 145 Å². The van der Waals surface area contributed by atoms with Gasteiger partial charge in [0.25, 0.3) is 5.91 Å². The van der Waals surface area contributed by atoms with E-state index in [1.165, 1.54) is 31.2 Å². The number of unbranched alkanes of at least 4 members (excludes halogenated alkanes) is 2. The number of fused-ring (bicyclic) bond motifs is 2. The molecular weight excluding hydrogens is 1100 g/mol. The third-order valence-electron chi connectivity index (χ3n) is 15.4. The summed E-state index contributed by atoms with van der Waals surface area (Å²) >= 11 is 0. The number of hydrogen-bond donors (Lipinski definition) is 14. The Bertz CT molecular complexity index is 2930. The topological polar surface area (TPSA) is 392 Å². The van der Waals surface area contributed by atoms with Crippen molar-refractivity contribution in [3.8, 4) is 33.8 Å². The second-order valence-electron chi connectivity index (χ2n) is 21.9. The zero-order valence-electron chi connectivity index (χ0n) is 47.7. The highest BCUT2D eigenvalue weighted by Crippen LogP contribution is 2.30. The lowest BCUT2D eigenvalue weighted by Gasteiger charge is -2.34. The average molecular weight is 1180 g/mol. The number of nitrogens with zero attached hydrogens (tertiary/aromatic N) is 2. The summed E-state index contributed by atoms with van der Waals surface area (Å²) in [5.74, 6) is -8.38. The molecule has 4 aromatic rings. The predicted molar refractivity (Wildman–Crippen MR) is 306 cm³/mol. The van der Waals surface area contributed by atoms with Crippen LogP contribution in [-0.4, -0.2) is 204 Å². The molecule has 0 bridgehead atoms. The van der Waals surface area contributed by atoms with E-state index in [1.807, 2.05) is 48.5 Å². The minimum atomic E-state index is -2.29. The molecule has 3 fully saturated rings. The Hall–Kier alpha value is -7.59. The Morgan fingerprint density at radius 1 is 0.659 bits per heavy atom. The smallest absolute Gasteiger partial charge is 0.251 e. The fourth-order valence-corrected chi connectivity index (χ4v) is 10.6. The molecule has 0 radical (unpaired) electrons. The van der Waals surface area contributed by atoms with E-state index >= 15 is 0 Å². The monoisotopic (exact) mass is 1180 g/mol. The molecule has 0 spiro atoms. The van der Waals surface area contributed by atoms with Crippen LogP contribution in [0.2, 0.25) is 0 Å². The second kappa shape index (κ2) is 29.5. The van der Waals surface area contributed by atoms with E-state index in [1.54, 1.807) is 12.1 Å². The van der Waals surface area contributed by atoms with E-state index in [9.17, 15) is 74.4 Å². The van der Waals surface area contributed by atoms with Crippen LogP contribution in [-0.2, 0) is 33.5 Å². The van der Waals surface area contributed by atoms with Gasteiger partial charge in [0.15, 0.2) is 6.23 Å². The molecule has 25 heteroatoms. The molecule has 3 heterocycles. The number of nitrogens with two attached hydrogens (primary N) is 1. The number of nitrogens with one attached hydrogen (secondary N) is 5. The first-order valence-electron chi connectivity index (χ1n) is 28.5. The molecule has 0 unspecified atom stereocenters. The minimum absolute atomic E-state index is 0.0332. The van der Waals surface area contributed by atoms with Crippen LogP contribution in [0.15, 0.2) is 97.1 Å². The quantitative estimate of drug-likeness (QED) is 0.0567. The Morgan fingerprint density at radius 2 is 1.20 bits per heavy atom. The Balaban J connectivity index is 1.21. The molecular formula is C60H78N8O17. The standard InChI is InChI=1S/C60H78N8O17/c1-5-6-7-25-84-42-22-18-37(19-23-42)35-10-8-34(9-11-35)36-12-14-39(15-13-36)53(77)62-43-28-45(73)58(85-26-24-61)66-57(81)49-50(74)31(2)29-68(49)60(83)47(33(4)70)64-56(80)48(52(76)51(75)38-16-20-40(71)21-17-38)65-55(79)44-27-41(72)30-67(44)59(82)46(32(3)69)63-54(43)78/h8-23,31-33,41,43-52,58,69-76H,5-7,24-30,61H2,1-4H3,(H,62,77)(H,63,78)(H,64,80)(H,65,79)(H,66,81)/t31-,32+,33+,41+,43+,44-,45-,46-,47-,48-,49-,50-,51-,52-,58+/m0/s1. The molecule has 0 aromatic heterocycles. The maximum absolute atomic E-state index is 14.7. The molecule has 15 atom stereocenters. The van der Waals surface area contributed by atoms with Crippen LogP contribution in [0.4, 0.5) is 0 Å². The maximum atomic E-state index is 14.7. The summed E-state index contributed by atoms with van der Waals surface area (Å²) in [7, 11) is 0. The first-order valence-corrected chi connectivity index (χ1v) is 28.5. The fourth-order valence-electron chi connectivity index (χ4n) is 10.6. The molecule has 0 saturated carbocycles.